The van der Waals surface area contributed by atoms with Crippen molar-refractivity contribution in [2.24, 2.45) is 0 Å². The number of methoxy groups -OCH3 is 1. The van der Waals surface area contributed by atoms with Gasteiger partial charge in [-0.3, -0.25) is 9.69 Å². The fourth-order valence-corrected chi connectivity index (χ4v) is 4.60. The molecule has 4 rings (SSSR count). The Morgan fingerprint density at radius 1 is 0.967 bits per heavy atom. The highest BCUT2D eigenvalue weighted by Gasteiger charge is 2.21. The minimum absolute atomic E-state index is 0.0279. The molecule has 1 amide bonds. The van der Waals surface area contributed by atoms with Gasteiger partial charge >= 0.3 is 0 Å². The fraction of sp³-hybridized carbons (Fsp3) is 0.200. The van der Waals surface area contributed by atoms with Crippen LogP contribution in [0.4, 0.5) is 5.13 Å². The number of benzene rings is 3. The minimum Gasteiger partial charge on any atom is -0.496 e. The number of nitrogens with zero attached hydrogens (tertiary/aromatic N) is 2. The van der Waals surface area contributed by atoms with Crippen molar-refractivity contribution in [3.05, 3.63) is 89.0 Å². The molecule has 5 heteroatoms. The highest BCUT2D eigenvalue weighted by molar-refractivity contribution is 7.22. The van der Waals surface area contributed by atoms with Crippen LogP contribution in [-0.2, 0) is 17.8 Å². The normalized spacial score (nSPS) is 10.9. The summed E-state index contributed by atoms with van der Waals surface area (Å²) in [6.45, 7) is 4.54. The second kappa shape index (κ2) is 8.67. The third kappa shape index (κ3) is 4.21. The lowest BCUT2D eigenvalue weighted by Gasteiger charge is -2.20. The predicted octanol–water partition coefficient (Wildman–Crippen LogP) is 5.70. The Bertz CT molecular complexity index is 1180. The number of carbonyl (C=O) groups excluding carboxylic acids is 1. The number of aromatic nitrogens is 1. The number of thiazole rings is 1. The largest absolute Gasteiger partial charge is 0.496 e. The molecule has 0 atom stereocenters. The van der Waals surface area contributed by atoms with Crippen LogP contribution < -0.4 is 9.64 Å². The van der Waals surface area contributed by atoms with E-state index in [4.69, 9.17) is 9.72 Å². The van der Waals surface area contributed by atoms with E-state index < -0.39 is 0 Å². The van der Waals surface area contributed by atoms with Gasteiger partial charge in [-0.25, -0.2) is 4.98 Å². The third-order valence-corrected chi connectivity index (χ3v) is 6.18. The molecular formula is C25H24N2O2S. The minimum atomic E-state index is 0.0279. The Balaban J connectivity index is 1.68. The first kappa shape index (κ1) is 20.1. The molecule has 0 fully saturated rings. The van der Waals surface area contributed by atoms with Crippen LogP contribution in [0.25, 0.3) is 10.2 Å². The van der Waals surface area contributed by atoms with Crippen molar-refractivity contribution in [3.63, 3.8) is 0 Å². The number of para-hydroxylation sites is 1. The molecule has 0 aliphatic rings. The Labute approximate surface area is 180 Å². The lowest BCUT2D eigenvalue weighted by atomic mass is 10.1. The molecule has 0 saturated carbocycles. The zero-order chi connectivity index (χ0) is 21.1. The lowest BCUT2D eigenvalue weighted by Crippen LogP contribution is -2.31. The zero-order valence-corrected chi connectivity index (χ0v) is 18.2. The molecule has 152 valence electrons. The number of hydrogen-bond acceptors (Lipinski definition) is 4. The number of rotatable bonds is 6. The summed E-state index contributed by atoms with van der Waals surface area (Å²) in [7, 11) is 1.66. The summed E-state index contributed by atoms with van der Waals surface area (Å²) in [6.07, 6.45) is 0.312. The van der Waals surface area contributed by atoms with Crippen molar-refractivity contribution >= 4 is 32.6 Å². The van der Waals surface area contributed by atoms with Gasteiger partial charge in [-0.2, -0.15) is 0 Å². The number of anilines is 1. The second-order valence-electron chi connectivity index (χ2n) is 7.36. The van der Waals surface area contributed by atoms with E-state index in [2.05, 4.69) is 19.1 Å². The number of aryl methyl sites for hydroxylation is 2. The summed E-state index contributed by atoms with van der Waals surface area (Å²) in [6, 6.07) is 22.1. The summed E-state index contributed by atoms with van der Waals surface area (Å²) in [5.41, 5.74) is 5.14. The van der Waals surface area contributed by atoms with E-state index in [0.717, 1.165) is 43.4 Å². The van der Waals surface area contributed by atoms with Crippen molar-refractivity contribution in [1.29, 1.82) is 0 Å². The molecular weight excluding hydrogens is 392 g/mol. The first-order valence-corrected chi connectivity index (χ1v) is 10.7. The standard InChI is InChI=1S/C25H24N2O2S/c1-17-8-7-11-22-24(17)26-25(30-22)27(16-19-9-5-4-6-10-19)23(28)15-20-12-13-21(29-3)18(2)14-20/h4-14H,15-16H2,1-3H3. The molecule has 0 bridgehead atoms. The molecule has 1 heterocycles. The van der Waals surface area contributed by atoms with Crippen LogP contribution in [0.3, 0.4) is 0 Å². The molecule has 3 aromatic carbocycles. The molecule has 0 unspecified atom stereocenters. The Morgan fingerprint density at radius 3 is 2.47 bits per heavy atom. The Kier molecular flexibility index (Phi) is 5.81. The highest BCUT2D eigenvalue weighted by atomic mass is 32.1. The van der Waals surface area contributed by atoms with Crippen LogP contribution in [0.15, 0.2) is 66.7 Å². The fourth-order valence-electron chi connectivity index (χ4n) is 3.54. The number of amides is 1. The monoisotopic (exact) mass is 416 g/mol. The second-order valence-corrected chi connectivity index (χ2v) is 8.37. The number of ether oxygens (including phenoxy) is 1. The molecule has 0 N–H and O–H groups in total. The smallest absolute Gasteiger partial charge is 0.233 e. The van der Waals surface area contributed by atoms with Crippen molar-refractivity contribution in [2.75, 3.05) is 12.0 Å². The van der Waals surface area contributed by atoms with Gasteiger partial charge in [-0.15, -0.1) is 0 Å². The van der Waals surface area contributed by atoms with Gasteiger partial charge in [0, 0.05) is 0 Å². The number of carbonyl (C=O) groups is 1. The summed E-state index contributed by atoms with van der Waals surface area (Å²) in [5, 5.41) is 0.735. The molecule has 0 saturated heterocycles. The average Bonchev–Trinajstić information content (AvgIpc) is 3.18. The zero-order valence-electron chi connectivity index (χ0n) is 17.4. The van der Waals surface area contributed by atoms with E-state index in [-0.39, 0.29) is 5.91 Å². The van der Waals surface area contributed by atoms with Gasteiger partial charge in [0.1, 0.15) is 5.75 Å². The van der Waals surface area contributed by atoms with Gasteiger partial charge in [-0.1, -0.05) is 65.9 Å². The van der Waals surface area contributed by atoms with Crippen LogP contribution in [0.5, 0.6) is 5.75 Å². The molecule has 1 aromatic heterocycles. The first-order valence-electron chi connectivity index (χ1n) is 9.89. The van der Waals surface area contributed by atoms with Crippen molar-refractivity contribution in [3.8, 4) is 5.75 Å². The van der Waals surface area contributed by atoms with Crippen molar-refractivity contribution < 1.29 is 9.53 Å². The molecule has 0 aliphatic heterocycles. The number of hydrogen-bond donors (Lipinski definition) is 0. The summed E-state index contributed by atoms with van der Waals surface area (Å²) in [4.78, 5) is 20.0. The quantitative estimate of drug-likeness (QED) is 0.405. The van der Waals surface area contributed by atoms with E-state index >= 15 is 0 Å². The van der Waals surface area contributed by atoms with Crippen molar-refractivity contribution in [1.82, 2.24) is 4.98 Å². The lowest BCUT2D eigenvalue weighted by molar-refractivity contribution is -0.118. The Hall–Kier alpha value is -3.18. The van der Waals surface area contributed by atoms with Gasteiger partial charge in [-0.05, 0) is 48.2 Å². The van der Waals surface area contributed by atoms with Gasteiger partial charge in [0.15, 0.2) is 5.13 Å². The van der Waals surface area contributed by atoms with Crippen LogP contribution in [0.2, 0.25) is 0 Å². The van der Waals surface area contributed by atoms with Crippen LogP contribution in [0.1, 0.15) is 22.3 Å². The summed E-state index contributed by atoms with van der Waals surface area (Å²) >= 11 is 1.56. The maximum Gasteiger partial charge on any atom is 0.233 e. The topological polar surface area (TPSA) is 42.4 Å². The van der Waals surface area contributed by atoms with Crippen LogP contribution in [0, 0.1) is 13.8 Å². The predicted molar refractivity (Wildman–Crippen MR) is 123 cm³/mol. The summed E-state index contributed by atoms with van der Waals surface area (Å²) in [5.74, 6) is 0.856. The van der Waals surface area contributed by atoms with Crippen LogP contribution >= 0.6 is 11.3 Å². The Morgan fingerprint density at radius 2 is 1.77 bits per heavy atom. The maximum atomic E-state index is 13.4. The van der Waals surface area contributed by atoms with E-state index in [1.807, 2.05) is 61.5 Å². The van der Waals surface area contributed by atoms with E-state index in [0.29, 0.717) is 13.0 Å². The van der Waals surface area contributed by atoms with Gasteiger partial charge in [0.05, 0.1) is 30.3 Å². The third-order valence-electron chi connectivity index (χ3n) is 5.14. The van der Waals surface area contributed by atoms with E-state index in [1.54, 1.807) is 23.3 Å². The molecule has 0 spiro atoms. The molecule has 0 aliphatic carbocycles. The first-order chi connectivity index (χ1) is 14.5. The number of fused-ring (bicyclic) bond motifs is 1. The van der Waals surface area contributed by atoms with E-state index in [9.17, 15) is 4.79 Å². The van der Waals surface area contributed by atoms with E-state index in [1.165, 1.54) is 0 Å². The average molecular weight is 417 g/mol. The molecule has 30 heavy (non-hydrogen) atoms. The molecule has 4 aromatic rings. The molecule has 0 radical (unpaired) electrons. The SMILES string of the molecule is COc1ccc(CC(=O)N(Cc2ccccc2)c2nc3c(C)cccc3s2)cc1C. The van der Waals surface area contributed by atoms with Crippen LogP contribution in [-0.4, -0.2) is 18.0 Å². The van der Waals surface area contributed by atoms with Gasteiger partial charge in [0.2, 0.25) is 5.91 Å². The summed E-state index contributed by atoms with van der Waals surface area (Å²) < 4.78 is 6.44. The van der Waals surface area contributed by atoms with Gasteiger partial charge in [0.25, 0.3) is 0 Å². The van der Waals surface area contributed by atoms with Crippen molar-refractivity contribution in [2.45, 2.75) is 26.8 Å². The highest BCUT2D eigenvalue weighted by Crippen LogP contribution is 2.32. The molecule has 4 nitrogen and oxygen atoms in total. The maximum absolute atomic E-state index is 13.4. The van der Waals surface area contributed by atoms with Gasteiger partial charge < -0.3 is 4.74 Å².